The first-order valence-corrected chi connectivity index (χ1v) is 29.2. The van der Waals surface area contributed by atoms with Crippen molar-refractivity contribution in [1.82, 2.24) is 0 Å². The standard InChI is InChI=1S/C59H90O22/c1-28(61)36-21-23-59(68)37-18-17-34-24-35(20-22-57(34,6)44(37)52(75-32(5)62)54(58(36,59)7)78-41(63)19-16-33-14-12-11-13-15-33)76-42-25-38(69-8)49(29(2)72-42)79-43-26-39(70-9)50(30(3)73-43)80-56-48(67)53(71-10)51(31(4)74-56)81-55-47(66)46(65)45(64)40(27-60)77-55/h11-16,19,28-31,34-40,42-56,60-61,64-68H,17-18,20-27H2,1-10H3/t28-,29+,30-,31-,34-,35-,36+,37-,38+,39-,40+,42+,43+,44-,45+,46-,47-,48-,49+,50+,51-,52-,53+,54-,55+,56+,57+,58+,59+/m0/s1. The molecule has 9 rings (SSSR count). The molecule has 29 atom stereocenters. The van der Waals surface area contributed by atoms with Gasteiger partial charge in [-0.05, 0) is 107 Å². The van der Waals surface area contributed by atoms with Crippen molar-refractivity contribution in [2.24, 2.45) is 34.5 Å². The van der Waals surface area contributed by atoms with E-state index < -0.39 is 170 Å². The van der Waals surface area contributed by atoms with E-state index in [0.29, 0.717) is 44.9 Å². The number of carbonyl (C=O) groups is 2. The lowest BCUT2D eigenvalue weighted by Crippen LogP contribution is -2.73. The van der Waals surface area contributed by atoms with Crippen molar-refractivity contribution in [1.29, 1.82) is 0 Å². The lowest BCUT2D eigenvalue weighted by Gasteiger charge is -2.67. The van der Waals surface area contributed by atoms with Crippen LogP contribution in [0.2, 0.25) is 0 Å². The Kier molecular flexibility index (Phi) is 19.8. The molecule has 22 nitrogen and oxygen atoms in total. The Hall–Kier alpha value is -2.82. The molecule has 458 valence electrons. The summed E-state index contributed by atoms with van der Waals surface area (Å²) in [5.74, 6) is -2.11. The molecular weight excluding hydrogens is 1060 g/mol. The maximum atomic E-state index is 13.9. The third-order valence-corrected chi connectivity index (χ3v) is 20.2. The number of hydrogen-bond donors (Lipinski definition) is 7. The fourth-order valence-electron chi connectivity index (χ4n) is 16.0. The monoisotopic (exact) mass is 1150 g/mol. The Balaban J connectivity index is 0.824. The average Bonchev–Trinajstić information content (AvgIpc) is 2.75. The van der Waals surface area contributed by atoms with Crippen molar-refractivity contribution < 1.29 is 107 Å². The summed E-state index contributed by atoms with van der Waals surface area (Å²) in [6, 6.07) is 9.39. The van der Waals surface area contributed by atoms with Gasteiger partial charge in [0.1, 0.15) is 67.1 Å². The molecule has 4 heterocycles. The molecule has 4 saturated carbocycles. The molecule has 0 spiro atoms. The van der Waals surface area contributed by atoms with Gasteiger partial charge in [0.15, 0.2) is 25.2 Å². The zero-order valence-corrected chi connectivity index (χ0v) is 48.4. The highest BCUT2D eigenvalue weighted by Crippen LogP contribution is 2.70. The molecule has 0 radical (unpaired) electrons. The van der Waals surface area contributed by atoms with Crippen molar-refractivity contribution in [2.45, 2.75) is 247 Å². The molecule has 0 unspecified atom stereocenters. The number of carbonyl (C=O) groups excluding carboxylic acids is 2. The van der Waals surface area contributed by atoms with E-state index in [-0.39, 0.29) is 30.3 Å². The molecule has 1 aromatic rings. The number of ether oxygens (including phenoxy) is 13. The van der Waals surface area contributed by atoms with E-state index in [1.54, 1.807) is 41.1 Å². The molecular formula is C59H90O22. The van der Waals surface area contributed by atoms with Gasteiger partial charge in [-0.1, -0.05) is 44.2 Å². The number of rotatable bonds is 17. The van der Waals surface area contributed by atoms with Gasteiger partial charge >= 0.3 is 11.9 Å². The van der Waals surface area contributed by atoms with Crippen LogP contribution in [0.5, 0.6) is 0 Å². The first-order valence-electron chi connectivity index (χ1n) is 29.2. The highest BCUT2D eigenvalue weighted by atomic mass is 16.8. The first kappa shape index (κ1) is 62.7. The lowest BCUT2D eigenvalue weighted by molar-refractivity contribution is -0.373. The summed E-state index contributed by atoms with van der Waals surface area (Å²) in [5.41, 5.74) is -2.08. The molecule has 7 N–H and O–H groups in total. The van der Waals surface area contributed by atoms with Gasteiger partial charge in [-0.25, -0.2) is 4.79 Å². The van der Waals surface area contributed by atoms with E-state index in [9.17, 15) is 45.3 Å². The van der Waals surface area contributed by atoms with E-state index in [4.69, 9.17) is 61.6 Å². The number of fused-ring (bicyclic) bond motifs is 5. The van der Waals surface area contributed by atoms with Crippen LogP contribution in [0.25, 0.3) is 6.08 Å². The molecule has 8 aliphatic rings. The van der Waals surface area contributed by atoms with E-state index >= 15 is 0 Å². The van der Waals surface area contributed by atoms with Crippen molar-refractivity contribution >= 4 is 18.0 Å². The summed E-state index contributed by atoms with van der Waals surface area (Å²) in [7, 11) is 4.53. The fourth-order valence-corrected chi connectivity index (χ4v) is 16.0. The minimum Gasteiger partial charge on any atom is -0.458 e. The van der Waals surface area contributed by atoms with Crippen LogP contribution in [0.15, 0.2) is 36.4 Å². The van der Waals surface area contributed by atoms with Crippen LogP contribution in [0.4, 0.5) is 0 Å². The fraction of sp³-hybridized carbons (Fsp3) is 0.831. The van der Waals surface area contributed by atoms with Gasteiger partial charge in [-0.3, -0.25) is 4.79 Å². The summed E-state index contributed by atoms with van der Waals surface area (Å²) >= 11 is 0. The van der Waals surface area contributed by atoms with Crippen molar-refractivity contribution in [2.75, 3.05) is 27.9 Å². The van der Waals surface area contributed by atoms with Crippen LogP contribution in [0, 0.1) is 34.5 Å². The molecule has 8 fully saturated rings. The van der Waals surface area contributed by atoms with Gasteiger partial charge in [0.05, 0.1) is 54.9 Å². The predicted molar refractivity (Wildman–Crippen MR) is 284 cm³/mol. The van der Waals surface area contributed by atoms with E-state index in [1.165, 1.54) is 20.1 Å². The third-order valence-electron chi connectivity index (χ3n) is 20.2. The molecule has 0 amide bonds. The van der Waals surface area contributed by atoms with E-state index in [1.807, 2.05) is 44.2 Å². The molecule has 22 heteroatoms. The molecule has 1 aromatic carbocycles. The number of esters is 2. The normalized spacial score (nSPS) is 48.6. The number of aliphatic hydroxyl groups excluding tert-OH is 6. The Bertz CT molecular complexity index is 2270. The summed E-state index contributed by atoms with van der Waals surface area (Å²) in [6.45, 7) is 11.9. The first-order chi connectivity index (χ1) is 38.5. The molecule has 4 saturated heterocycles. The largest absolute Gasteiger partial charge is 0.458 e. The molecule has 0 aromatic heterocycles. The van der Waals surface area contributed by atoms with Crippen LogP contribution in [0.1, 0.15) is 112 Å². The third kappa shape index (κ3) is 12.1. The second-order valence-electron chi connectivity index (χ2n) is 24.7. The predicted octanol–water partition coefficient (Wildman–Crippen LogP) is 2.68. The van der Waals surface area contributed by atoms with Crippen LogP contribution in [0.3, 0.4) is 0 Å². The van der Waals surface area contributed by atoms with E-state index in [2.05, 4.69) is 6.92 Å². The quantitative estimate of drug-likeness (QED) is 0.0670. The summed E-state index contributed by atoms with van der Waals surface area (Å²) < 4.78 is 81.2. The van der Waals surface area contributed by atoms with Crippen molar-refractivity contribution in [3.05, 3.63) is 42.0 Å². The Morgan fingerprint density at radius 2 is 1.31 bits per heavy atom. The maximum Gasteiger partial charge on any atom is 0.331 e. The highest BCUT2D eigenvalue weighted by Gasteiger charge is 2.76. The molecule has 81 heavy (non-hydrogen) atoms. The second kappa shape index (κ2) is 25.6. The second-order valence-corrected chi connectivity index (χ2v) is 24.7. The Morgan fingerprint density at radius 1 is 0.691 bits per heavy atom. The van der Waals surface area contributed by atoms with Crippen LogP contribution >= 0.6 is 0 Å². The Morgan fingerprint density at radius 3 is 1.93 bits per heavy atom. The minimum atomic E-state index is -1.68. The van der Waals surface area contributed by atoms with Gasteiger partial charge in [-0.15, -0.1) is 0 Å². The van der Waals surface area contributed by atoms with Crippen molar-refractivity contribution in [3.63, 3.8) is 0 Å². The number of aliphatic hydroxyl groups is 7. The number of hydrogen-bond acceptors (Lipinski definition) is 22. The highest BCUT2D eigenvalue weighted by molar-refractivity contribution is 5.87. The number of benzene rings is 1. The maximum absolute atomic E-state index is 13.9. The zero-order valence-electron chi connectivity index (χ0n) is 48.4. The molecule has 0 bridgehead atoms. The van der Waals surface area contributed by atoms with Crippen LogP contribution in [-0.4, -0.2) is 216 Å². The van der Waals surface area contributed by atoms with Gasteiger partial charge in [0.25, 0.3) is 0 Å². The zero-order chi connectivity index (χ0) is 58.5. The topological polar surface area (TPSA) is 296 Å². The number of methoxy groups -OCH3 is 3. The average molecular weight is 1150 g/mol. The van der Waals surface area contributed by atoms with Gasteiger partial charge < -0.3 is 97.3 Å². The van der Waals surface area contributed by atoms with Crippen molar-refractivity contribution in [3.8, 4) is 0 Å². The Labute approximate surface area is 474 Å². The van der Waals surface area contributed by atoms with Gasteiger partial charge in [-0.2, -0.15) is 0 Å². The SMILES string of the molecule is CO[C@@H]1[C@H](O)[C@@H](O[C@@H]2[C@H](C)O[C@H](O[C@@H]3[C@@H](C)O[C@H](O[C@H]4CC[C@]5(C)[C@@H](CC[C@H]6[C@H]5[C@H](OC(C)=O)[C@H](OC(=O)C=Cc5ccccc5)[C@@]5(C)[C@@H]([C@H](C)O)CC[C@@]65O)C4)C[C@H]3OC)C[C@@H]2OC)O[C@@H](C)[C@@H]1O[C@H]1O[C@H](CO)[C@@H](O)[C@H](O)[C@@H]1O. The lowest BCUT2D eigenvalue weighted by atomic mass is 9.41. The minimum absolute atomic E-state index is 0.0998. The van der Waals surface area contributed by atoms with E-state index in [0.717, 1.165) is 12.0 Å². The summed E-state index contributed by atoms with van der Waals surface area (Å²) in [4.78, 5) is 27.1. The van der Waals surface area contributed by atoms with Crippen LogP contribution < -0.4 is 0 Å². The molecule has 4 aliphatic carbocycles. The van der Waals surface area contributed by atoms with Gasteiger partial charge in [0.2, 0.25) is 0 Å². The summed E-state index contributed by atoms with van der Waals surface area (Å²) in [6.07, 6.45) is -13.0. The van der Waals surface area contributed by atoms with Crippen LogP contribution in [-0.2, 0) is 71.2 Å². The smallest absolute Gasteiger partial charge is 0.331 e. The van der Waals surface area contributed by atoms with Gasteiger partial charge in [0, 0.05) is 58.5 Å². The summed E-state index contributed by atoms with van der Waals surface area (Å²) in [5, 5.41) is 77.0. The molecule has 4 aliphatic heterocycles.